The zero-order valence-electron chi connectivity index (χ0n) is 11.6. The maximum absolute atomic E-state index is 9.11. The largest absolute Gasteiger partial charge is 0.394 e. The molecule has 4 nitrogen and oxygen atoms in total. The molecule has 2 atom stereocenters. The molecule has 0 aromatic carbocycles. The first-order valence-corrected chi connectivity index (χ1v) is 6.94. The minimum atomic E-state index is -0.662. The molecular formula is C14H29O4. The number of hydrogen-bond donors (Lipinski definition) is 2. The Bertz CT molecular complexity index is 164. The molecule has 0 aromatic rings. The number of aliphatic hydroxyl groups is 2. The lowest BCUT2D eigenvalue weighted by Crippen LogP contribution is -2.18. The van der Waals surface area contributed by atoms with Crippen molar-refractivity contribution in [3.63, 3.8) is 0 Å². The predicted octanol–water partition coefficient (Wildman–Crippen LogP) is 1.79. The third-order valence-corrected chi connectivity index (χ3v) is 2.65. The molecule has 0 rings (SSSR count). The van der Waals surface area contributed by atoms with Gasteiger partial charge in [0, 0.05) is 19.1 Å². The van der Waals surface area contributed by atoms with Crippen LogP contribution in [0.3, 0.4) is 0 Å². The summed E-state index contributed by atoms with van der Waals surface area (Å²) in [5, 5.41) is 17.7. The standard InChI is InChI=1S/C14H29O4/c1-3-4-5-6-8-17-11-13(2)12-18-9-7-14(16)10-15/h13-16H,1,3-12H2,2H3. The maximum Gasteiger partial charge on any atom is 0.0792 e. The summed E-state index contributed by atoms with van der Waals surface area (Å²) in [6, 6.07) is 0. The maximum atomic E-state index is 9.11. The molecule has 2 N–H and O–H groups in total. The van der Waals surface area contributed by atoms with Crippen LogP contribution < -0.4 is 0 Å². The van der Waals surface area contributed by atoms with E-state index in [9.17, 15) is 0 Å². The van der Waals surface area contributed by atoms with Gasteiger partial charge >= 0.3 is 0 Å². The highest BCUT2D eigenvalue weighted by Crippen LogP contribution is 2.02. The lowest BCUT2D eigenvalue weighted by Gasteiger charge is -2.13. The normalized spacial score (nSPS) is 14.7. The van der Waals surface area contributed by atoms with Gasteiger partial charge in [-0.3, -0.25) is 0 Å². The topological polar surface area (TPSA) is 58.9 Å². The second kappa shape index (κ2) is 13.3. The summed E-state index contributed by atoms with van der Waals surface area (Å²) in [7, 11) is 0. The third kappa shape index (κ3) is 12.3. The lowest BCUT2D eigenvalue weighted by atomic mass is 10.2. The molecule has 1 radical (unpaired) electrons. The van der Waals surface area contributed by atoms with Gasteiger partial charge in [0.2, 0.25) is 0 Å². The van der Waals surface area contributed by atoms with Crippen molar-refractivity contribution < 1.29 is 19.7 Å². The average molecular weight is 261 g/mol. The summed E-state index contributed by atoms with van der Waals surface area (Å²) in [5.41, 5.74) is 0. The van der Waals surface area contributed by atoms with Gasteiger partial charge in [-0.2, -0.15) is 0 Å². The quantitative estimate of drug-likeness (QED) is 0.496. The SMILES string of the molecule is [CH2]CCCCCOCC(C)COCCC(O)CO. The minimum Gasteiger partial charge on any atom is -0.394 e. The van der Waals surface area contributed by atoms with E-state index in [0.717, 1.165) is 19.4 Å². The summed E-state index contributed by atoms with van der Waals surface area (Å²) in [5.74, 6) is 0.365. The smallest absolute Gasteiger partial charge is 0.0792 e. The van der Waals surface area contributed by atoms with Gasteiger partial charge in [-0.05, 0) is 12.8 Å². The second-order valence-corrected chi connectivity index (χ2v) is 4.79. The van der Waals surface area contributed by atoms with E-state index in [0.29, 0.717) is 32.2 Å². The van der Waals surface area contributed by atoms with Crippen LogP contribution in [-0.2, 0) is 9.47 Å². The highest BCUT2D eigenvalue weighted by atomic mass is 16.5. The van der Waals surface area contributed by atoms with Crippen molar-refractivity contribution >= 4 is 0 Å². The van der Waals surface area contributed by atoms with Gasteiger partial charge in [0.1, 0.15) is 0 Å². The first-order valence-electron chi connectivity index (χ1n) is 6.94. The Balaban J connectivity index is 3.19. The molecule has 0 aromatic heterocycles. The van der Waals surface area contributed by atoms with Gasteiger partial charge in [0.25, 0.3) is 0 Å². The van der Waals surface area contributed by atoms with Gasteiger partial charge in [-0.25, -0.2) is 0 Å². The molecular weight excluding hydrogens is 232 g/mol. The zero-order chi connectivity index (χ0) is 13.6. The Morgan fingerprint density at radius 2 is 1.72 bits per heavy atom. The lowest BCUT2D eigenvalue weighted by molar-refractivity contribution is 0.0202. The highest BCUT2D eigenvalue weighted by Gasteiger charge is 2.05. The molecule has 2 unspecified atom stereocenters. The molecule has 0 aliphatic heterocycles. The van der Waals surface area contributed by atoms with Gasteiger partial charge in [-0.1, -0.05) is 33.1 Å². The van der Waals surface area contributed by atoms with E-state index in [-0.39, 0.29) is 6.61 Å². The van der Waals surface area contributed by atoms with E-state index >= 15 is 0 Å². The monoisotopic (exact) mass is 261 g/mol. The van der Waals surface area contributed by atoms with E-state index < -0.39 is 6.10 Å². The third-order valence-electron chi connectivity index (χ3n) is 2.65. The second-order valence-electron chi connectivity index (χ2n) is 4.79. The van der Waals surface area contributed by atoms with E-state index in [1.165, 1.54) is 12.8 Å². The molecule has 0 saturated heterocycles. The highest BCUT2D eigenvalue weighted by molar-refractivity contribution is 4.53. The molecule has 109 valence electrons. The summed E-state index contributed by atoms with van der Waals surface area (Å²) in [6.07, 6.45) is 4.29. The van der Waals surface area contributed by atoms with Crippen molar-refractivity contribution in [1.29, 1.82) is 0 Å². The fraction of sp³-hybridized carbons (Fsp3) is 0.929. The number of rotatable bonds is 13. The molecule has 0 saturated carbocycles. The van der Waals surface area contributed by atoms with Crippen LogP contribution in [0.15, 0.2) is 0 Å². The molecule has 18 heavy (non-hydrogen) atoms. The van der Waals surface area contributed by atoms with Crippen LogP contribution in [0.25, 0.3) is 0 Å². The van der Waals surface area contributed by atoms with Crippen LogP contribution >= 0.6 is 0 Å². The van der Waals surface area contributed by atoms with Gasteiger partial charge < -0.3 is 19.7 Å². The van der Waals surface area contributed by atoms with E-state index in [4.69, 9.17) is 19.7 Å². The van der Waals surface area contributed by atoms with Crippen molar-refractivity contribution in [3.05, 3.63) is 6.92 Å². The molecule has 0 aliphatic rings. The van der Waals surface area contributed by atoms with E-state index in [1.807, 2.05) is 0 Å². The van der Waals surface area contributed by atoms with Crippen molar-refractivity contribution in [2.45, 2.75) is 45.1 Å². The van der Waals surface area contributed by atoms with E-state index in [1.54, 1.807) is 0 Å². The van der Waals surface area contributed by atoms with Crippen LogP contribution in [-0.4, -0.2) is 49.4 Å². The summed E-state index contributed by atoms with van der Waals surface area (Å²) in [4.78, 5) is 0. The number of unbranched alkanes of at least 4 members (excludes halogenated alkanes) is 3. The molecule has 0 bridgehead atoms. The molecule has 0 heterocycles. The van der Waals surface area contributed by atoms with Gasteiger partial charge in [-0.15, -0.1) is 0 Å². The Labute approximate surface area is 111 Å². The predicted molar refractivity (Wildman–Crippen MR) is 72.3 cm³/mol. The molecule has 4 heteroatoms. The first kappa shape index (κ1) is 17.8. The van der Waals surface area contributed by atoms with Gasteiger partial charge in [0.15, 0.2) is 0 Å². The number of aliphatic hydroxyl groups excluding tert-OH is 2. The Morgan fingerprint density at radius 3 is 2.33 bits per heavy atom. The minimum absolute atomic E-state index is 0.199. The number of hydrogen-bond acceptors (Lipinski definition) is 4. The van der Waals surface area contributed by atoms with E-state index in [2.05, 4.69) is 13.8 Å². The van der Waals surface area contributed by atoms with Gasteiger partial charge in [0.05, 0.1) is 25.9 Å². The Kier molecular flexibility index (Phi) is 13.2. The van der Waals surface area contributed by atoms with Crippen molar-refractivity contribution in [2.24, 2.45) is 5.92 Å². The zero-order valence-corrected chi connectivity index (χ0v) is 11.6. The molecule has 0 aliphatic carbocycles. The molecule has 0 fully saturated rings. The van der Waals surface area contributed by atoms with Crippen LogP contribution in [0.4, 0.5) is 0 Å². The molecule has 0 spiro atoms. The fourth-order valence-corrected chi connectivity index (χ4v) is 1.49. The average Bonchev–Trinajstić information content (AvgIpc) is 2.38. The van der Waals surface area contributed by atoms with Crippen molar-refractivity contribution in [2.75, 3.05) is 33.0 Å². The number of ether oxygens (including phenoxy) is 2. The van der Waals surface area contributed by atoms with Crippen LogP contribution in [0.1, 0.15) is 39.0 Å². The first-order chi connectivity index (χ1) is 8.70. The summed E-state index contributed by atoms with van der Waals surface area (Å²) in [6.45, 7) is 8.33. The Hall–Kier alpha value is -0.160. The summed E-state index contributed by atoms with van der Waals surface area (Å²) < 4.78 is 11.0. The van der Waals surface area contributed by atoms with Crippen LogP contribution in [0.5, 0.6) is 0 Å². The van der Waals surface area contributed by atoms with Crippen LogP contribution in [0.2, 0.25) is 0 Å². The fourth-order valence-electron chi connectivity index (χ4n) is 1.49. The van der Waals surface area contributed by atoms with Crippen molar-refractivity contribution in [3.8, 4) is 0 Å². The van der Waals surface area contributed by atoms with Crippen LogP contribution in [0, 0.1) is 12.8 Å². The van der Waals surface area contributed by atoms with Crippen molar-refractivity contribution in [1.82, 2.24) is 0 Å². The molecule has 0 amide bonds. The summed E-state index contributed by atoms with van der Waals surface area (Å²) >= 11 is 0. The Morgan fingerprint density at radius 1 is 1.06 bits per heavy atom.